The van der Waals surface area contributed by atoms with Crippen LogP contribution in [0.25, 0.3) is 0 Å². The van der Waals surface area contributed by atoms with E-state index < -0.39 is 0 Å². The molecule has 3 atom stereocenters. The molecule has 0 aliphatic carbocycles. The number of carbonyl (C=O) groups excluding carboxylic acids is 1. The lowest BCUT2D eigenvalue weighted by Crippen LogP contribution is -2.42. The van der Waals surface area contributed by atoms with Gasteiger partial charge in [0.2, 0.25) is 5.91 Å². The number of piperidine rings is 1. The minimum atomic E-state index is 0.329. The highest BCUT2D eigenvalue weighted by molar-refractivity contribution is 6.31. The Balaban J connectivity index is 1.37. The maximum absolute atomic E-state index is 12.9. The fourth-order valence-corrected chi connectivity index (χ4v) is 5.21. The van der Waals surface area contributed by atoms with Gasteiger partial charge in [-0.1, -0.05) is 29.8 Å². The summed E-state index contributed by atoms with van der Waals surface area (Å²) in [5.41, 5.74) is 1.17. The van der Waals surface area contributed by atoms with Crippen LogP contribution in [0.3, 0.4) is 0 Å². The Morgan fingerprint density at radius 3 is 2.67 bits per heavy atom. The van der Waals surface area contributed by atoms with E-state index in [0.29, 0.717) is 30.0 Å². The fraction of sp³-hybridized carbons (Fsp3) is 0.650. The van der Waals surface area contributed by atoms with Crippen molar-refractivity contribution in [3.63, 3.8) is 0 Å². The highest BCUT2D eigenvalue weighted by Crippen LogP contribution is 2.34. The lowest BCUT2D eigenvalue weighted by Gasteiger charge is -2.31. The van der Waals surface area contributed by atoms with Gasteiger partial charge in [0, 0.05) is 36.1 Å². The fourth-order valence-electron chi connectivity index (χ4n) is 5.00. The SMILES string of the molecule is O=C(CC1CC2CCC(C1)N2)N1CCCC1Cc1ccccc1Cl. The molecule has 4 heteroatoms. The van der Waals surface area contributed by atoms with Crippen molar-refractivity contribution < 1.29 is 4.79 Å². The van der Waals surface area contributed by atoms with E-state index in [4.69, 9.17) is 11.6 Å². The highest BCUT2D eigenvalue weighted by Gasteiger charge is 2.36. The molecule has 3 fully saturated rings. The van der Waals surface area contributed by atoms with Crippen molar-refractivity contribution in [3.05, 3.63) is 34.9 Å². The Morgan fingerprint density at radius 2 is 1.92 bits per heavy atom. The molecule has 2 bridgehead atoms. The van der Waals surface area contributed by atoms with Gasteiger partial charge < -0.3 is 10.2 Å². The van der Waals surface area contributed by atoms with Crippen LogP contribution in [0.15, 0.2) is 24.3 Å². The smallest absolute Gasteiger partial charge is 0.223 e. The molecule has 3 aliphatic heterocycles. The molecule has 24 heavy (non-hydrogen) atoms. The van der Waals surface area contributed by atoms with E-state index in [1.165, 1.54) is 31.2 Å². The molecule has 0 saturated carbocycles. The second-order valence-corrected chi connectivity index (χ2v) is 8.27. The first kappa shape index (κ1) is 16.4. The van der Waals surface area contributed by atoms with Gasteiger partial charge in [-0.05, 0) is 62.5 Å². The molecule has 1 aromatic rings. The number of hydrogen-bond donors (Lipinski definition) is 1. The average molecular weight is 347 g/mol. The van der Waals surface area contributed by atoms with Crippen LogP contribution in [0.1, 0.15) is 50.5 Å². The molecule has 0 aromatic heterocycles. The Kier molecular flexibility index (Phi) is 4.82. The molecule has 3 unspecified atom stereocenters. The summed E-state index contributed by atoms with van der Waals surface area (Å²) in [6.45, 7) is 0.922. The third kappa shape index (κ3) is 3.48. The van der Waals surface area contributed by atoms with Gasteiger partial charge in [0.15, 0.2) is 0 Å². The lowest BCUT2D eigenvalue weighted by molar-refractivity contribution is -0.133. The molecule has 3 nitrogen and oxygen atoms in total. The number of halogens is 1. The summed E-state index contributed by atoms with van der Waals surface area (Å²) in [7, 11) is 0. The molecule has 130 valence electrons. The van der Waals surface area contributed by atoms with E-state index in [1.54, 1.807) is 0 Å². The van der Waals surface area contributed by atoms with Crippen molar-refractivity contribution in [1.82, 2.24) is 10.2 Å². The van der Waals surface area contributed by atoms with Crippen molar-refractivity contribution in [3.8, 4) is 0 Å². The Bertz CT molecular complexity index is 593. The third-order valence-electron chi connectivity index (χ3n) is 6.14. The summed E-state index contributed by atoms with van der Waals surface area (Å²) in [4.78, 5) is 15.1. The molecule has 3 heterocycles. The molecule has 3 aliphatic rings. The van der Waals surface area contributed by atoms with Crippen LogP contribution in [0.4, 0.5) is 0 Å². The molecule has 1 amide bonds. The molecular weight excluding hydrogens is 320 g/mol. The van der Waals surface area contributed by atoms with Gasteiger partial charge in [0.05, 0.1) is 0 Å². The number of amides is 1. The first-order valence-corrected chi connectivity index (χ1v) is 9.86. The monoisotopic (exact) mass is 346 g/mol. The van der Waals surface area contributed by atoms with Crippen LogP contribution in [-0.2, 0) is 11.2 Å². The van der Waals surface area contributed by atoms with Gasteiger partial charge in [-0.25, -0.2) is 0 Å². The second kappa shape index (κ2) is 7.05. The van der Waals surface area contributed by atoms with Crippen LogP contribution in [0, 0.1) is 5.92 Å². The average Bonchev–Trinajstić information content (AvgIpc) is 3.16. The van der Waals surface area contributed by atoms with Crippen molar-refractivity contribution >= 4 is 17.5 Å². The normalized spacial score (nSPS) is 32.3. The Morgan fingerprint density at radius 1 is 1.17 bits per heavy atom. The van der Waals surface area contributed by atoms with E-state index in [2.05, 4.69) is 16.3 Å². The quantitative estimate of drug-likeness (QED) is 0.899. The molecule has 1 N–H and O–H groups in total. The number of hydrogen-bond acceptors (Lipinski definition) is 2. The van der Waals surface area contributed by atoms with Crippen LogP contribution in [0.2, 0.25) is 5.02 Å². The maximum atomic E-state index is 12.9. The summed E-state index contributed by atoms with van der Waals surface area (Å²) in [5.74, 6) is 0.952. The largest absolute Gasteiger partial charge is 0.339 e. The first-order valence-electron chi connectivity index (χ1n) is 9.48. The van der Waals surface area contributed by atoms with Crippen LogP contribution >= 0.6 is 11.6 Å². The Hall–Kier alpha value is -1.06. The highest BCUT2D eigenvalue weighted by atomic mass is 35.5. The zero-order chi connectivity index (χ0) is 16.5. The molecule has 4 rings (SSSR count). The molecule has 3 saturated heterocycles. The predicted molar refractivity (Wildman–Crippen MR) is 97.2 cm³/mol. The summed E-state index contributed by atoms with van der Waals surface area (Å²) in [5, 5.41) is 4.50. The number of fused-ring (bicyclic) bond motifs is 2. The zero-order valence-corrected chi connectivity index (χ0v) is 15.0. The van der Waals surface area contributed by atoms with E-state index in [1.807, 2.05) is 18.2 Å². The van der Waals surface area contributed by atoms with Gasteiger partial charge in [-0.15, -0.1) is 0 Å². The standard InChI is InChI=1S/C20H27ClN2O/c21-19-6-2-1-4-15(19)13-18-5-3-9-23(18)20(24)12-14-10-16-7-8-17(11-14)22-16/h1-2,4,6,14,16-18,22H,3,5,7-13H2. The molecule has 1 aromatic carbocycles. The maximum Gasteiger partial charge on any atom is 0.223 e. The van der Waals surface area contributed by atoms with Gasteiger partial charge in [-0.3, -0.25) is 4.79 Å². The van der Waals surface area contributed by atoms with Crippen LogP contribution in [-0.4, -0.2) is 35.5 Å². The van der Waals surface area contributed by atoms with E-state index in [-0.39, 0.29) is 0 Å². The van der Waals surface area contributed by atoms with Crippen molar-refractivity contribution in [2.24, 2.45) is 5.92 Å². The van der Waals surface area contributed by atoms with Crippen molar-refractivity contribution in [1.29, 1.82) is 0 Å². The minimum absolute atomic E-state index is 0.329. The van der Waals surface area contributed by atoms with Gasteiger partial charge in [0.25, 0.3) is 0 Å². The number of carbonyl (C=O) groups is 1. The molecule has 0 spiro atoms. The van der Waals surface area contributed by atoms with Crippen molar-refractivity contribution in [2.45, 2.75) is 69.5 Å². The third-order valence-corrected chi connectivity index (χ3v) is 6.51. The zero-order valence-electron chi connectivity index (χ0n) is 14.2. The van der Waals surface area contributed by atoms with Crippen molar-refractivity contribution in [2.75, 3.05) is 6.54 Å². The second-order valence-electron chi connectivity index (χ2n) is 7.86. The number of likely N-dealkylation sites (tertiary alicyclic amines) is 1. The van der Waals surface area contributed by atoms with Crippen LogP contribution in [0.5, 0.6) is 0 Å². The topological polar surface area (TPSA) is 32.3 Å². The van der Waals surface area contributed by atoms with Gasteiger partial charge in [0.1, 0.15) is 0 Å². The predicted octanol–water partition coefficient (Wildman–Crippen LogP) is 3.79. The molecular formula is C20H27ClN2O. The molecule has 0 radical (unpaired) electrons. The van der Waals surface area contributed by atoms with Crippen LogP contribution < -0.4 is 5.32 Å². The summed E-state index contributed by atoms with van der Waals surface area (Å²) in [6, 6.07) is 9.70. The van der Waals surface area contributed by atoms with E-state index in [0.717, 1.165) is 37.3 Å². The first-order chi connectivity index (χ1) is 11.7. The minimum Gasteiger partial charge on any atom is -0.339 e. The summed E-state index contributed by atoms with van der Waals surface area (Å²) in [6.07, 6.45) is 8.84. The number of benzene rings is 1. The van der Waals surface area contributed by atoms with E-state index >= 15 is 0 Å². The summed E-state index contributed by atoms with van der Waals surface area (Å²) < 4.78 is 0. The number of nitrogens with zero attached hydrogens (tertiary/aromatic N) is 1. The Labute approximate surface area is 149 Å². The number of nitrogens with one attached hydrogen (secondary N) is 1. The lowest BCUT2D eigenvalue weighted by atomic mass is 9.89. The summed E-state index contributed by atoms with van der Waals surface area (Å²) >= 11 is 6.31. The van der Waals surface area contributed by atoms with Gasteiger partial charge >= 0.3 is 0 Å². The van der Waals surface area contributed by atoms with E-state index in [9.17, 15) is 4.79 Å². The number of rotatable bonds is 4. The van der Waals surface area contributed by atoms with Gasteiger partial charge in [-0.2, -0.15) is 0 Å².